The van der Waals surface area contributed by atoms with Gasteiger partial charge in [-0.1, -0.05) is 201 Å². The van der Waals surface area contributed by atoms with Gasteiger partial charge in [0.15, 0.2) is 0 Å². The van der Waals surface area contributed by atoms with E-state index in [2.05, 4.69) is 267 Å². The molecule has 344 valence electrons. The first kappa shape index (κ1) is 44.3. The molecule has 71 heavy (non-hydrogen) atoms. The maximum absolute atomic E-state index is 6.51. The molecule has 0 unspecified atom stereocenters. The van der Waals surface area contributed by atoms with Gasteiger partial charge in [0.05, 0.1) is 11.1 Å². The van der Waals surface area contributed by atoms with Crippen molar-refractivity contribution in [1.29, 1.82) is 0 Å². The largest absolute Gasteiger partial charge is 0.456 e. The van der Waals surface area contributed by atoms with Crippen molar-refractivity contribution in [2.75, 3.05) is 4.90 Å². The normalized spacial score (nSPS) is 13.4. The van der Waals surface area contributed by atoms with Crippen LogP contribution < -0.4 is 4.90 Å². The predicted molar refractivity (Wildman–Crippen MR) is 301 cm³/mol. The van der Waals surface area contributed by atoms with Crippen molar-refractivity contribution in [3.8, 4) is 22.3 Å². The first-order valence-corrected chi connectivity index (χ1v) is 25.3. The van der Waals surface area contributed by atoms with Crippen LogP contribution in [0.1, 0.15) is 61.1 Å². The summed E-state index contributed by atoms with van der Waals surface area (Å²) in [7, 11) is 0. The number of halogens is 1. The molecule has 0 saturated carbocycles. The van der Waals surface area contributed by atoms with Gasteiger partial charge in [0.2, 0.25) is 0 Å². The maximum atomic E-state index is 6.51. The first-order valence-electron chi connectivity index (χ1n) is 24.5. The van der Waals surface area contributed by atoms with E-state index >= 15 is 0 Å². The van der Waals surface area contributed by atoms with Gasteiger partial charge in [-0.25, -0.2) is 0 Å². The molecule has 0 bridgehead atoms. The van der Waals surface area contributed by atoms with Crippen molar-refractivity contribution in [1.82, 2.24) is 0 Å². The summed E-state index contributed by atoms with van der Waals surface area (Å²) in [6.07, 6.45) is 1.03. The van der Waals surface area contributed by atoms with E-state index in [-0.39, 0.29) is 10.8 Å². The number of hydrogen-bond acceptors (Lipinski definition) is 3. The molecule has 0 amide bonds. The SMILES string of the molecule is CC1(C)c2ccccc2-c2cc3c(cc21)oc1cccc(Br)c13.CC1(C)c2ccccc2-c2cc3c(cc21)oc1cccc(N(c2ccccc2)c2ccccc2)c13.c1ccc(Cc2ccccc2)cc1. The Morgan fingerprint density at radius 3 is 1.27 bits per heavy atom. The fourth-order valence-electron chi connectivity index (χ4n) is 11.2. The lowest BCUT2D eigenvalue weighted by molar-refractivity contribution is 0.647. The zero-order valence-corrected chi connectivity index (χ0v) is 41.9. The van der Waals surface area contributed by atoms with Crippen LogP contribution >= 0.6 is 15.9 Å². The molecule has 2 heterocycles. The Bertz CT molecular complexity index is 3830. The highest BCUT2D eigenvalue weighted by molar-refractivity contribution is 9.10. The topological polar surface area (TPSA) is 29.5 Å². The van der Waals surface area contributed by atoms with E-state index in [9.17, 15) is 0 Å². The van der Waals surface area contributed by atoms with Gasteiger partial charge >= 0.3 is 0 Å². The Hall–Kier alpha value is -7.92. The van der Waals surface area contributed by atoms with Crippen molar-refractivity contribution in [2.24, 2.45) is 0 Å². The molecule has 0 saturated heterocycles. The van der Waals surface area contributed by atoms with Gasteiger partial charge in [-0.15, -0.1) is 0 Å². The number of rotatable bonds is 5. The molecule has 0 fully saturated rings. The van der Waals surface area contributed by atoms with Gasteiger partial charge in [0, 0.05) is 42.8 Å². The summed E-state index contributed by atoms with van der Waals surface area (Å²) in [5.41, 5.74) is 20.5. The summed E-state index contributed by atoms with van der Waals surface area (Å²) in [5, 5.41) is 4.63. The van der Waals surface area contributed by atoms with Gasteiger partial charge in [-0.05, 0) is 135 Å². The maximum Gasteiger partial charge on any atom is 0.137 e. The standard InChI is InChI=1S/C33H25NO.C21H15BrO.C13H12/c1-33(2)27-17-10-9-16-24(27)25-20-26-31(21-28(25)33)35-30-19-11-18-29(32(26)30)34(22-12-5-3-6-13-22)23-14-7-4-8-15-23;1-21(2)15-7-4-3-6-12(15)13-10-14-19(11-16(13)21)23-18-9-5-8-17(22)20(14)18;1-3-7-12(8-4-1)11-13-9-5-2-6-10-13/h3-21H,1-2H3;3-11H,1-2H3;1-10H,11H2. The van der Waals surface area contributed by atoms with Crippen LogP contribution in [0.15, 0.2) is 244 Å². The molecule has 10 aromatic carbocycles. The predicted octanol–water partition coefficient (Wildman–Crippen LogP) is 19.3. The second-order valence-electron chi connectivity index (χ2n) is 19.8. The molecule has 0 atom stereocenters. The third-order valence-corrected chi connectivity index (χ3v) is 15.3. The summed E-state index contributed by atoms with van der Waals surface area (Å²) in [6, 6.07) is 81.3. The van der Waals surface area contributed by atoms with Gasteiger partial charge in [-0.2, -0.15) is 0 Å². The molecule has 2 aliphatic rings. The van der Waals surface area contributed by atoms with Crippen LogP contribution in [0.5, 0.6) is 0 Å². The molecule has 2 aliphatic carbocycles. The van der Waals surface area contributed by atoms with E-state index in [1.165, 1.54) is 61.0 Å². The Labute approximate surface area is 423 Å². The highest BCUT2D eigenvalue weighted by Crippen LogP contribution is 2.53. The lowest BCUT2D eigenvalue weighted by atomic mass is 9.82. The van der Waals surface area contributed by atoms with Gasteiger partial charge in [0.25, 0.3) is 0 Å². The number of para-hydroxylation sites is 2. The number of furan rings is 2. The Morgan fingerprint density at radius 1 is 0.366 bits per heavy atom. The molecule has 4 heteroatoms. The third-order valence-electron chi connectivity index (χ3n) is 14.7. The molecule has 2 aromatic heterocycles. The minimum Gasteiger partial charge on any atom is -0.456 e. The molecule has 0 spiro atoms. The van der Waals surface area contributed by atoms with Crippen LogP contribution in [0.3, 0.4) is 0 Å². The third kappa shape index (κ3) is 7.75. The molecule has 12 aromatic rings. The average Bonchev–Trinajstić information content (AvgIpc) is 4.10. The summed E-state index contributed by atoms with van der Waals surface area (Å²) < 4.78 is 13.7. The van der Waals surface area contributed by atoms with Crippen molar-refractivity contribution < 1.29 is 8.83 Å². The minimum absolute atomic E-state index is 0.0102. The second-order valence-corrected chi connectivity index (χ2v) is 20.6. The zero-order chi connectivity index (χ0) is 48.3. The summed E-state index contributed by atoms with van der Waals surface area (Å²) >= 11 is 3.67. The molecule has 0 N–H and O–H groups in total. The highest BCUT2D eigenvalue weighted by atomic mass is 79.9. The Morgan fingerprint density at radius 2 is 0.775 bits per heavy atom. The number of anilines is 3. The smallest absolute Gasteiger partial charge is 0.137 e. The average molecular weight is 983 g/mol. The Kier molecular flexibility index (Phi) is 11.1. The lowest BCUT2D eigenvalue weighted by Gasteiger charge is -2.26. The van der Waals surface area contributed by atoms with E-state index in [4.69, 9.17) is 8.83 Å². The van der Waals surface area contributed by atoms with Crippen LogP contribution in [0.25, 0.3) is 66.1 Å². The first-order chi connectivity index (χ1) is 34.6. The van der Waals surface area contributed by atoms with E-state index in [0.717, 1.165) is 66.4 Å². The molecular formula is C67H52BrNO2. The van der Waals surface area contributed by atoms with E-state index in [1.807, 2.05) is 12.1 Å². The van der Waals surface area contributed by atoms with Crippen molar-refractivity contribution >= 4 is 76.9 Å². The van der Waals surface area contributed by atoms with Crippen LogP contribution in [-0.2, 0) is 17.3 Å². The lowest BCUT2D eigenvalue weighted by Crippen LogP contribution is -2.14. The highest BCUT2D eigenvalue weighted by Gasteiger charge is 2.37. The zero-order valence-electron chi connectivity index (χ0n) is 40.3. The molecule has 0 radical (unpaired) electrons. The van der Waals surface area contributed by atoms with Crippen molar-refractivity contribution in [3.63, 3.8) is 0 Å². The van der Waals surface area contributed by atoms with Crippen molar-refractivity contribution in [2.45, 2.75) is 44.9 Å². The fraction of sp³-hybridized carbons (Fsp3) is 0.104. The molecule has 0 aliphatic heterocycles. The van der Waals surface area contributed by atoms with Crippen molar-refractivity contribution in [3.05, 3.63) is 268 Å². The summed E-state index contributed by atoms with van der Waals surface area (Å²) in [4.78, 5) is 2.32. The fourth-order valence-corrected chi connectivity index (χ4v) is 11.7. The van der Waals surface area contributed by atoms with Crippen LogP contribution in [0, 0.1) is 0 Å². The number of fused-ring (bicyclic) bond motifs is 12. The quantitative estimate of drug-likeness (QED) is 0.172. The minimum atomic E-state index is -0.0535. The van der Waals surface area contributed by atoms with E-state index in [0.29, 0.717) is 0 Å². The molecule has 14 rings (SSSR count). The van der Waals surface area contributed by atoms with E-state index in [1.54, 1.807) is 0 Å². The van der Waals surface area contributed by atoms with Gasteiger partial charge in [-0.3, -0.25) is 0 Å². The second kappa shape index (κ2) is 17.8. The number of benzene rings is 10. The van der Waals surface area contributed by atoms with Gasteiger partial charge in [0.1, 0.15) is 22.3 Å². The van der Waals surface area contributed by atoms with Crippen LogP contribution in [-0.4, -0.2) is 0 Å². The number of nitrogens with zero attached hydrogens (tertiary/aromatic N) is 1. The van der Waals surface area contributed by atoms with Crippen LogP contribution in [0.2, 0.25) is 0 Å². The van der Waals surface area contributed by atoms with E-state index < -0.39 is 0 Å². The summed E-state index contributed by atoms with van der Waals surface area (Å²) in [6.45, 7) is 9.21. The monoisotopic (exact) mass is 981 g/mol. The van der Waals surface area contributed by atoms with Gasteiger partial charge < -0.3 is 13.7 Å². The molecular weight excluding hydrogens is 931 g/mol. The van der Waals surface area contributed by atoms with Crippen LogP contribution in [0.4, 0.5) is 17.1 Å². The molecule has 3 nitrogen and oxygen atoms in total. The Balaban J connectivity index is 0.000000123. The summed E-state index contributed by atoms with van der Waals surface area (Å²) in [5.74, 6) is 0. The number of hydrogen-bond donors (Lipinski definition) is 0.